The number of primary amides is 1. The third-order valence-electron chi connectivity index (χ3n) is 2.19. The number of ether oxygens (including phenoxy) is 1. The SMILES string of the molecule is NC(=O)c1cccc(Oc2cnc(C(=O)O)cn2)c1. The lowest BCUT2D eigenvalue weighted by Crippen LogP contribution is -2.10. The molecule has 1 aromatic carbocycles. The molecule has 0 radical (unpaired) electrons. The van der Waals surface area contributed by atoms with Gasteiger partial charge in [0.25, 0.3) is 0 Å². The highest BCUT2D eigenvalue weighted by atomic mass is 16.5. The standard InChI is InChI=1S/C12H9N3O4/c13-11(16)7-2-1-3-8(4-7)19-10-6-14-9(5-15-10)12(17)18/h1-6H,(H2,13,16)(H,17,18). The summed E-state index contributed by atoms with van der Waals surface area (Å²) in [5.74, 6) is -1.27. The van der Waals surface area contributed by atoms with Crippen molar-refractivity contribution in [2.24, 2.45) is 5.73 Å². The van der Waals surface area contributed by atoms with Crippen molar-refractivity contribution in [3.05, 3.63) is 47.9 Å². The summed E-state index contributed by atoms with van der Waals surface area (Å²) in [5.41, 5.74) is 5.26. The normalized spacial score (nSPS) is 9.89. The van der Waals surface area contributed by atoms with E-state index in [0.717, 1.165) is 6.20 Å². The Morgan fingerprint density at radius 1 is 1.21 bits per heavy atom. The summed E-state index contributed by atoms with van der Waals surface area (Å²) in [5, 5.41) is 8.67. The van der Waals surface area contributed by atoms with Crippen LogP contribution in [0, 0.1) is 0 Å². The molecule has 0 fully saturated rings. The van der Waals surface area contributed by atoms with Gasteiger partial charge >= 0.3 is 5.97 Å². The molecule has 2 aromatic rings. The third kappa shape index (κ3) is 3.03. The van der Waals surface area contributed by atoms with Crippen LogP contribution in [-0.4, -0.2) is 27.0 Å². The van der Waals surface area contributed by atoms with Gasteiger partial charge in [-0.3, -0.25) is 4.79 Å². The number of hydrogen-bond acceptors (Lipinski definition) is 5. The molecule has 0 unspecified atom stereocenters. The first kappa shape index (κ1) is 12.5. The van der Waals surface area contributed by atoms with Gasteiger partial charge in [0.2, 0.25) is 11.8 Å². The molecule has 0 atom stereocenters. The topological polar surface area (TPSA) is 115 Å². The van der Waals surface area contributed by atoms with Crippen molar-refractivity contribution < 1.29 is 19.4 Å². The molecular weight excluding hydrogens is 250 g/mol. The number of nitrogens with two attached hydrogens (primary N) is 1. The number of aromatic nitrogens is 2. The van der Waals surface area contributed by atoms with Crippen LogP contribution in [0.2, 0.25) is 0 Å². The lowest BCUT2D eigenvalue weighted by atomic mass is 10.2. The average Bonchev–Trinajstić information content (AvgIpc) is 2.39. The fourth-order valence-corrected chi connectivity index (χ4v) is 1.31. The van der Waals surface area contributed by atoms with Crippen molar-refractivity contribution in [1.29, 1.82) is 0 Å². The fraction of sp³-hybridized carbons (Fsp3) is 0. The zero-order valence-corrected chi connectivity index (χ0v) is 9.61. The summed E-state index contributed by atoms with van der Waals surface area (Å²) in [7, 11) is 0. The maximum Gasteiger partial charge on any atom is 0.356 e. The van der Waals surface area contributed by atoms with Gasteiger partial charge in [0.15, 0.2) is 5.69 Å². The molecule has 0 bridgehead atoms. The molecule has 7 nitrogen and oxygen atoms in total. The van der Waals surface area contributed by atoms with E-state index in [4.69, 9.17) is 15.6 Å². The molecule has 0 saturated heterocycles. The molecule has 0 saturated carbocycles. The molecule has 1 heterocycles. The van der Waals surface area contributed by atoms with Gasteiger partial charge in [0.05, 0.1) is 12.4 Å². The Balaban J connectivity index is 2.19. The number of hydrogen-bond donors (Lipinski definition) is 2. The molecule has 0 aliphatic rings. The van der Waals surface area contributed by atoms with Crippen LogP contribution >= 0.6 is 0 Å². The van der Waals surface area contributed by atoms with Crippen LogP contribution in [0.1, 0.15) is 20.8 Å². The van der Waals surface area contributed by atoms with Gasteiger partial charge in [0.1, 0.15) is 5.75 Å². The monoisotopic (exact) mass is 259 g/mol. The van der Waals surface area contributed by atoms with E-state index in [1.165, 1.54) is 12.3 Å². The molecule has 1 amide bonds. The molecule has 0 aliphatic carbocycles. The number of rotatable bonds is 4. The molecule has 7 heteroatoms. The highest BCUT2D eigenvalue weighted by molar-refractivity contribution is 5.93. The summed E-state index contributed by atoms with van der Waals surface area (Å²) in [4.78, 5) is 29.0. The van der Waals surface area contributed by atoms with E-state index >= 15 is 0 Å². The van der Waals surface area contributed by atoms with Gasteiger partial charge < -0.3 is 15.6 Å². The maximum atomic E-state index is 11.0. The number of aromatic carboxylic acids is 1. The van der Waals surface area contributed by atoms with Crippen molar-refractivity contribution in [2.75, 3.05) is 0 Å². The summed E-state index contributed by atoms with van der Waals surface area (Å²) in [6.45, 7) is 0. The van der Waals surface area contributed by atoms with Crippen molar-refractivity contribution in [1.82, 2.24) is 9.97 Å². The number of carbonyl (C=O) groups excluding carboxylic acids is 1. The van der Waals surface area contributed by atoms with Crippen molar-refractivity contribution >= 4 is 11.9 Å². The summed E-state index contributed by atoms with van der Waals surface area (Å²) >= 11 is 0. The number of carboxylic acid groups (broad SMARTS) is 1. The third-order valence-corrected chi connectivity index (χ3v) is 2.19. The highest BCUT2D eigenvalue weighted by Gasteiger charge is 2.07. The Kier molecular flexibility index (Phi) is 3.37. The summed E-state index contributed by atoms with van der Waals surface area (Å²) < 4.78 is 5.33. The number of nitrogens with zero attached hydrogens (tertiary/aromatic N) is 2. The second kappa shape index (κ2) is 5.13. The minimum atomic E-state index is -1.17. The van der Waals surface area contributed by atoms with Gasteiger partial charge in [0, 0.05) is 5.56 Å². The van der Waals surface area contributed by atoms with Gasteiger partial charge in [-0.25, -0.2) is 14.8 Å². The van der Waals surface area contributed by atoms with Crippen LogP contribution in [0.25, 0.3) is 0 Å². The zero-order valence-electron chi connectivity index (χ0n) is 9.61. The van der Waals surface area contributed by atoms with E-state index in [1.54, 1.807) is 18.2 Å². The van der Waals surface area contributed by atoms with Gasteiger partial charge in [-0.05, 0) is 18.2 Å². The van der Waals surface area contributed by atoms with Crippen molar-refractivity contribution in [3.8, 4) is 11.6 Å². The summed E-state index contributed by atoms with van der Waals surface area (Å²) in [6.07, 6.45) is 2.26. The number of benzene rings is 1. The van der Waals surface area contributed by atoms with E-state index in [9.17, 15) is 9.59 Å². The highest BCUT2D eigenvalue weighted by Crippen LogP contribution is 2.19. The average molecular weight is 259 g/mol. The summed E-state index contributed by atoms with van der Waals surface area (Å²) in [6, 6.07) is 6.22. The Bertz CT molecular complexity index is 625. The lowest BCUT2D eigenvalue weighted by molar-refractivity contribution is 0.0689. The first-order valence-electron chi connectivity index (χ1n) is 5.19. The maximum absolute atomic E-state index is 11.0. The van der Waals surface area contributed by atoms with Crippen LogP contribution < -0.4 is 10.5 Å². The Labute approximate surface area is 107 Å². The molecule has 3 N–H and O–H groups in total. The first-order chi connectivity index (χ1) is 9.06. The molecule has 0 spiro atoms. The zero-order chi connectivity index (χ0) is 13.8. The first-order valence-corrected chi connectivity index (χ1v) is 5.19. The van der Waals surface area contributed by atoms with Crippen LogP contribution in [-0.2, 0) is 0 Å². The lowest BCUT2D eigenvalue weighted by Gasteiger charge is -2.05. The molecule has 19 heavy (non-hydrogen) atoms. The molecule has 0 aliphatic heterocycles. The molecule has 1 aromatic heterocycles. The van der Waals surface area contributed by atoms with E-state index in [2.05, 4.69) is 9.97 Å². The molecule has 96 valence electrons. The van der Waals surface area contributed by atoms with Crippen LogP contribution in [0.15, 0.2) is 36.7 Å². The quantitative estimate of drug-likeness (QED) is 0.848. The Hall–Kier alpha value is -2.96. The van der Waals surface area contributed by atoms with E-state index in [-0.39, 0.29) is 11.6 Å². The largest absolute Gasteiger partial charge is 0.476 e. The molecule has 2 rings (SSSR count). The van der Waals surface area contributed by atoms with Crippen molar-refractivity contribution in [3.63, 3.8) is 0 Å². The smallest absolute Gasteiger partial charge is 0.356 e. The number of carboxylic acids is 1. The van der Waals surface area contributed by atoms with E-state index in [0.29, 0.717) is 11.3 Å². The Morgan fingerprint density at radius 2 is 2.00 bits per heavy atom. The minimum absolute atomic E-state index is 0.117. The van der Waals surface area contributed by atoms with Crippen molar-refractivity contribution in [2.45, 2.75) is 0 Å². The predicted molar refractivity (Wildman–Crippen MR) is 64.0 cm³/mol. The predicted octanol–water partition coefficient (Wildman–Crippen LogP) is 1.07. The minimum Gasteiger partial charge on any atom is -0.476 e. The van der Waals surface area contributed by atoms with Gasteiger partial charge in [-0.1, -0.05) is 6.07 Å². The number of amides is 1. The molecular formula is C12H9N3O4. The van der Waals surface area contributed by atoms with E-state index in [1.807, 2.05) is 0 Å². The van der Waals surface area contributed by atoms with E-state index < -0.39 is 11.9 Å². The van der Waals surface area contributed by atoms with Gasteiger partial charge in [-0.15, -0.1) is 0 Å². The van der Waals surface area contributed by atoms with Crippen LogP contribution in [0.5, 0.6) is 11.6 Å². The second-order valence-electron chi connectivity index (χ2n) is 3.54. The van der Waals surface area contributed by atoms with Crippen LogP contribution in [0.4, 0.5) is 0 Å². The fourth-order valence-electron chi connectivity index (χ4n) is 1.31. The number of carbonyl (C=O) groups is 2. The van der Waals surface area contributed by atoms with Crippen LogP contribution in [0.3, 0.4) is 0 Å². The van der Waals surface area contributed by atoms with Gasteiger partial charge in [-0.2, -0.15) is 0 Å². The Morgan fingerprint density at radius 3 is 2.58 bits per heavy atom. The second-order valence-corrected chi connectivity index (χ2v) is 3.54.